The Kier molecular flexibility index (Phi) is 6.28. The quantitative estimate of drug-likeness (QED) is 0.348. The third-order valence-electron chi connectivity index (χ3n) is 7.10. The summed E-state index contributed by atoms with van der Waals surface area (Å²) in [5.41, 5.74) is 3.41. The number of nitrogens with one attached hydrogen (secondary N) is 1. The molecular weight excluding hydrogens is 487 g/mol. The Morgan fingerprint density at radius 1 is 1.03 bits per heavy atom. The van der Waals surface area contributed by atoms with E-state index >= 15 is 4.39 Å². The number of benzene rings is 3. The van der Waals surface area contributed by atoms with Gasteiger partial charge in [0.05, 0.1) is 0 Å². The predicted molar refractivity (Wildman–Crippen MR) is 147 cm³/mol. The van der Waals surface area contributed by atoms with Gasteiger partial charge >= 0.3 is 0 Å². The van der Waals surface area contributed by atoms with Gasteiger partial charge in [-0.25, -0.2) is 4.39 Å². The number of halogens is 2. The van der Waals surface area contributed by atoms with Crippen LogP contribution in [0.5, 0.6) is 0 Å². The lowest BCUT2D eigenvalue weighted by atomic mass is 9.67. The highest BCUT2D eigenvalue weighted by molar-refractivity contribution is 6.30. The molecule has 4 nitrogen and oxygen atoms in total. The zero-order valence-electron chi connectivity index (χ0n) is 21.0. The zero-order valence-corrected chi connectivity index (χ0v) is 21.7. The number of amidine groups is 1. The lowest BCUT2D eigenvalue weighted by Gasteiger charge is -2.45. The van der Waals surface area contributed by atoms with Gasteiger partial charge in [-0.1, -0.05) is 61.3 Å². The summed E-state index contributed by atoms with van der Waals surface area (Å²) in [5, 5.41) is 21.5. The molecule has 0 bridgehead atoms. The summed E-state index contributed by atoms with van der Waals surface area (Å²) >= 11 is 6.08. The highest BCUT2D eigenvalue weighted by Crippen LogP contribution is 2.51. The van der Waals surface area contributed by atoms with Gasteiger partial charge in [-0.15, -0.1) is 0 Å². The van der Waals surface area contributed by atoms with Gasteiger partial charge in [0.25, 0.3) is 0 Å². The fourth-order valence-corrected chi connectivity index (χ4v) is 5.50. The molecule has 1 heterocycles. The number of rotatable bonds is 3. The molecule has 0 saturated heterocycles. The third-order valence-corrected chi connectivity index (χ3v) is 7.36. The van der Waals surface area contributed by atoms with Crippen LogP contribution in [0.1, 0.15) is 49.3 Å². The van der Waals surface area contributed by atoms with Gasteiger partial charge in [0.1, 0.15) is 17.4 Å². The number of anilines is 1. The molecule has 2 aliphatic rings. The summed E-state index contributed by atoms with van der Waals surface area (Å²) in [6, 6.07) is 20.6. The number of aryl methyl sites for hydroxylation is 1. The van der Waals surface area contributed by atoms with Crippen LogP contribution in [0.25, 0.3) is 5.76 Å². The Morgan fingerprint density at radius 3 is 2.32 bits per heavy atom. The molecule has 188 valence electrons. The second-order valence-corrected chi connectivity index (χ2v) is 11.0. The zero-order chi connectivity index (χ0) is 26.5. The standard InChI is InChI=1S/C31H28ClFN2O2/c1-18-8-14-21(15-9-18)35-24-16-31(2,3)17-25(36)27(24)26(22-6-4-5-7-23(22)33)28(30(35)34)29(37)19-10-12-20(32)13-11-19/h4-15,26,34,37H,16-17H2,1-3H3/b29-28+,34-30?. The molecule has 0 saturated carbocycles. The van der Waals surface area contributed by atoms with Crippen molar-refractivity contribution in [2.75, 3.05) is 4.90 Å². The average Bonchev–Trinajstić information content (AvgIpc) is 2.84. The van der Waals surface area contributed by atoms with Crippen molar-refractivity contribution in [1.82, 2.24) is 0 Å². The molecule has 0 fully saturated rings. The molecule has 0 amide bonds. The largest absolute Gasteiger partial charge is 0.507 e. The number of aliphatic hydroxyl groups is 1. The van der Waals surface area contributed by atoms with Crippen molar-refractivity contribution in [2.45, 2.75) is 39.5 Å². The maximum absolute atomic E-state index is 15.4. The molecular formula is C31H28ClFN2O2. The fraction of sp³-hybridized carbons (Fsp3) is 0.226. The van der Waals surface area contributed by atoms with Gasteiger partial charge in [-0.2, -0.15) is 0 Å². The Bertz CT molecular complexity index is 1470. The first-order valence-corrected chi connectivity index (χ1v) is 12.6. The molecule has 0 radical (unpaired) electrons. The maximum Gasteiger partial charge on any atom is 0.162 e. The monoisotopic (exact) mass is 514 g/mol. The van der Waals surface area contributed by atoms with Crippen molar-refractivity contribution in [3.63, 3.8) is 0 Å². The van der Waals surface area contributed by atoms with Gasteiger partial charge < -0.3 is 5.11 Å². The molecule has 1 aliphatic carbocycles. The summed E-state index contributed by atoms with van der Waals surface area (Å²) in [5.74, 6) is -1.70. The number of ketones is 1. The van der Waals surface area contributed by atoms with E-state index in [0.29, 0.717) is 40.4 Å². The van der Waals surface area contributed by atoms with E-state index in [1.54, 1.807) is 47.4 Å². The molecule has 0 spiro atoms. The summed E-state index contributed by atoms with van der Waals surface area (Å²) in [4.78, 5) is 15.6. The highest BCUT2D eigenvalue weighted by Gasteiger charge is 2.47. The van der Waals surface area contributed by atoms with E-state index in [1.807, 2.05) is 45.0 Å². The lowest BCUT2D eigenvalue weighted by Crippen LogP contribution is -2.45. The average molecular weight is 515 g/mol. The van der Waals surface area contributed by atoms with Crippen molar-refractivity contribution in [2.24, 2.45) is 5.41 Å². The Labute approximate surface area is 221 Å². The van der Waals surface area contributed by atoms with Crippen LogP contribution >= 0.6 is 11.6 Å². The number of carbonyl (C=O) groups is 1. The first kappa shape index (κ1) is 25.0. The number of hydrogen-bond donors (Lipinski definition) is 2. The normalized spacial score (nSPS) is 20.7. The van der Waals surface area contributed by atoms with Gasteiger partial charge in [-0.05, 0) is 61.2 Å². The summed E-state index contributed by atoms with van der Waals surface area (Å²) in [6.45, 7) is 6.04. The van der Waals surface area contributed by atoms with Gasteiger partial charge in [-0.3, -0.25) is 15.1 Å². The number of nitrogens with zero attached hydrogens (tertiary/aromatic N) is 1. The number of carbonyl (C=O) groups excluding carboxylic acids is 1. The second kappa shape index (κ2) is 9.31. The fourth-order valence-electron chi connectivity index (χ4n) is 5.38. The molecule has 2 N–H and O–H groups in total. The number of Topliss-reactive ketones (excluding diaryl/α,β-unsaturated/α-hetero) is 1. The van der Waals surface area contributed by atoms with Gasteiger partial charge in [0, 0.05) is 51.0 Å². The van der Waals surface area contributed by atoms with Crippen LogP contribution in [0.15, 0.2) is 89.6 Å². The number of allylic oxidation sites excluding steroid dienone is 2. The molecule has 1 aliphatic heterocycles. The summed E-state index contributed by atoms with van der Waals surface area (Å²) < 4.78 is 15.4. The van der Waals surface area contributed by atoms with Crippen LogP contribution < -0.4 is 4.90 Å². The van der Waals surface area contributed by atoms with E-state index < -0.39 is 11.7 Å². The number of hydrogen-bond acceptors (Lipinski definition) is 3. The van der Waals surface area contributed by atoms with Crippen molar-refractivity contribution >= 4 is 34.7 Å². The molecule has 1 unspecified atom stereocenters. The predicted octanol–water partition coefficient (Wildman–Crippen LogP) is 7.98. The van der Waals surface area contributed by atoms with E-state index in [2.05, 4.69) is 0 Å². The summed E-state index contributed by atoms with van der Waals surface area (Å²) in [7, 11) is 0. The van der Waals surface area contributed by atoms with Crippen LogP contribution in [-0.4, -0.2) is 16.7 Å². The smallest absolute Gasteiger partial charge is 0.162 e. The van der Waals surface area contributed by atoms with E-state index in [4.69, 9.17) is 11.6 Å². The topological polar surface area (TPSA) is 64.4 Å². The van der Waals surface area contributed by atoms with Crippen molar-refractivity contribution < 1.29 is 14.3 Å². The highest BCUT2D eigenvalue weighted by atomic mass is 35.5. The van der Waals surface area contributed by atoms with Gasteiger partial charge in [0.2, 0.25) is 0 Å². The van der Waals surface area contributed by atoms with Crippen molar-refractivity contribution in [3.05, 3.63) is 117 Å². The Balaban J connectivity index is 1.86. The molecule has 0 aromatic heterocycles. The first-order chi connectivity index (χ1) is 17.6. The molecule has 3 aromatic rings. The lowest BCUT2D eigenvalue weighted by molar-refractivity contribution is -0.118. The van der Waals surface area contributed by atoms with Crippen LogP contribution in [0.4, 0.5) is 10.1 Å². The minimum atomic E-state index is -0.926. The van der Waals surface area contributed by atoms with Gasteiger partial charge in [0.15, 0.2) is 5.78 Å². The molecule has 37 heavy (non-hydrogen) atoms. The Hall–Kier alpha value is -3.70. The molecule has 1 atom stereocenters. The van der Waals surface area contributed by atoms with E-state index in [1.165, 1.54) is 6.07 Å². The first-order valence-electron chi connectivity index (χ1n) is 12.2. The van der Waals surface area contributed by atoms with Crippen LogP contribution in [0, 0.1) is 23.6 Å². The molecule has 3 aromatic carbocycles. The van der Waals surface area contributed by atoms with Crippen molar-refractivity contribution in [3.8, 4) is 0 Å². The maximum atomic E-state index is 15.4. The second-order valence-electron chi connectivity index (χ2n) is 10.5. The van der Waals surface area contributed by atoms with Crippen LogP contribution in [0.3, 0.4) is 0 Å². The van der Waals surface area contributed by atoms with Crippen molar-refractivity contribution in [1.29, 1.82) is 5.41 Å². The Morgan fingerprint density at radius 2 is 1.68 bits per heavy atom. The minimum absolute atomic E-state index is 0.00815. The van der Waals surface area contributed by atoms with Crippen LogP contribution in [0.2, 0.25) is 5.02 Å². The SMILES string of the molecule is Cc1ccc(N2C(=N)/C(=C(/O)c3ccc(Cl)cc3)C(c3ccccc3F)C3=C2CC(C)(C)CC3=O)cc1. The van der Waals surface area contributed by atoms with E-state index in [9.17, 15) is 15.3 Å². The van der Waals surface area contributed by atoms with E-state index in [-0.39, 0.29) is 33.9 Å². The number of aliphatic hydroxyl groups excluding tert-OH is 1. The molecule has 5 rings (SSSR count). The minimum Gasteiger partial charge on any atom is -0.507 e. The summed E-state index contributed by atoms with van der Waals surface area (Å²) in [6.07, 6.45) is 0.825. The third kappa shape index (κ3) is 4.49. The molecule has 6 heteroatoms. The van der Waals surface area contributed by atoms with E-state index in [0.717, 1.165) is 5.56 Å². The van der Waals surface area contributed by atoms with Crippen LogP contribution in [-0.2, 0) is 4.79 Å².